The number of hydrogen-bond donors (Lipinski definition) is 4. The normalized spacial score (nSPS) is 25.9. The summed E-state index contributed by atoms with van der Waals surface area (Å²) in [7, 11) is 2.36. The molecule has 14 nitrogen and oxygen atoms in total. The highest BCUT2D eigenvalue weighted by molar-refractivity contribution is 5.88. The van der Waals surface area contributed by atoms with Crippen molar-refractivity contribution in [1.29, 1.82) is 0 Å². The van der Waals surface area contributed by atoms with Crippen molar-refractivity contribution >= 4 is 24.0 Å². The van der Waals surface area contributed by atoms with Gasteiger partial charge in [0.1, 0.15) is 23.7 Å². The van der Waals surface area contributed by atoms with E-state index in [-0.39, 0.29) is 18.1 Å². The van der Waals surface area contributed by atoms with Gasteiger partial charge in [-0.1, -0.05) is 45.0 Å². The topological polar surface area (TPSA) is 175 Å². The summed E-state index contributed by atoms with van der Waals surface area (Å²) < 4.78 is 70.1. The van der Waals surface area contributed by atoms with Crippen LogP contribution < -0.4 is 10.6 Å². The maximum atomic E-state index is 15.2. The molecule has 18 heteroatoms. The molecule has 7 aliphatic rings. The van der Waals surface area contributed by atoms with E-state index in [1.165, 1.54) is 47.6 Å². The van der Waals surface area contributed by atoms with Crippen molar-refractivity contribution in [2.45, 2.75) is 145 Å². The average molecular weight is 943 g/mol. The predicted molar refractivity (Wildman–Crippen MR) is 242 cm³/mol. The molecule has 4 aromatic rings. The molecule has 2 saturated carbocycles. The van der Waals surface area contributed by atoms with Gasteiger partial charge in [0.15, 0.2) is 0 Å². The number of methoxy groups -OCH3 is 2. The van der Waals surface area contributed by atoms with E-state index in [0.717, 1.165) is 65.9 Å². The first kappa shape index (κ1) is 45.8. The van der Waals surface area contributed by atoms with Crippen LogP contribution in [0.2, 0.25) is 0 Å². The molecule has 4 amide bonds. The molecule has 0 radical (unpaired) electrons. The van der Waals surface area contributed by atoms with E-state index < -0.39 is 91.9 Å². The number of H-pyrrole nitrogens is 2. The number of aromatic amines is 2. The van der Waals surface area contributed by atoms with Gasteiger partial charge in [-0.2, -0.15) is 0 Å². The zero-order chi connectivity index (χ0) is 48.0. The lowest BCUT2D eigenvalue weighted by atomic mass is 9.63. The molecule has 2 aromatic carbocycles. The summed E-state index contributed by atoms with van der Waals surface area (Å²) in [5.74, 6) is -6.13. The molecule has 5 aliphatic carbocycles. The van der Waals surface area contributed by atoms with Gasteiger partial charge in [-0.3, -0.25) is 9.59 Å². The zero-order valence-corrected chi connectivity index (χ0v) is 38.9. The van der Waals surface area contributed by atoms with Crippen molar-refractivity contribution in [1.82, 2.24) is 40.4 Å². The number of ether oxygens (including phenoxy) is 2. The Balaban J connectivity index is 0.988. The fourth-order valence-electron chi connectivity index (χ4n) is 12.6. The molecule has 2 aromatic heterocycles. The number of nitrogens with zero attached hydrogens (tertiary/aromatic N) is 4. The molecule has 0 spiro atoms. The molecule has 11 rings (SSSR count). The van der Waals surface area contributed by atoms with Gasteiger partial charge in [-0.25, -0.2) is 37.1 Å². The van der Waals surface area contributed by atoms with E-state index >= 15 is 17.6 Å². The number of benzene rings is 2. The van der Waals surface area contributed by atoms with Gasteiger partial charge in [0.05, 0.1) is 63.2 Å². The quantitative estimate of drug-likeness (QED) is 0.108. The summed E-state index contributed by atoms with van der Waals surface area (Å²) in [6.07, 6.45) is 8.03. The first-order valence-electron chi connectivity index (χ1n) is 24.0. The molecule has 68 heavy (non-hydrogen) atoms. The van der Waals surface area contributed by atoms with Crippen LogP contribution in [0, 0.1) is 5.92 Å². The summed E-state index contributed by atoms with van der Waals surface area (Å²) in [5.41, 5.74) is 10.9. The lowest BCUT2D eigenvalue weighted by molar-refractivity contribution is -0.137. The van der Waals surface area contributed by atoms with Gasteiger partial charge >= 0.3 is 12.2 Å². The van der Waals surface area contributed by atoms with Crippen molar-refractivity contribution in [2.75, 3.05) is 27.3 Å². The first-order chi connectivity index (χ1) is 32.5. The highest BCUT2D eigenvalue weighted by Crippen LogP contribution is 2.61. The van der Waals surface area contributed by atoms with E-state index in [1.54, 1.807) is 33.2 Å². The van der Waals surface area contributed by atoms with Crippen LogP contribution in [0.3, 0.4) is 0 Å². The molecule has 4 heterocycles. The van der Waals surface area contributed by atoms with E-state index in [4.69, 9.17) is 4.74 Å². The molecular weight excluding hydrogens is 885 g/mol. The highest BCUT2D eigenvalue weighted by Gasteiger charge is 2.52. The third-order valence-electron chi connectivity index (χ3n) is 15.7. The molecule has 4 N–H and O–H groups in total. The second kappa shape index (κ2) is 17.2. The molecule has 4 fully saturated rings. The van der Waals surface area contributed by atoms with Crippen LogP contribution in [0.4, 0.5) is 27.2 Å². The zero-order valence-electron chi connectivity index (χ0n) is 38.9. The number of fused-ring (bicyclic) bond motifs is 7. The van der Waals surface area contributed by atoms with Gasteiger partial charge in [0.25, 0.3) is 11.8 Å². The fourth-order valence-corrected chi connectivity index (χ4v) is 12.6. The number of aromatic nitrogens is 4. The number of imidazole rings is 2. The van der Waals surface area contributed by atoms with Crippen LogP contribution in [0.1, 0.15) is 155 Å². The highest BCUT2D eigenvalue weighted by atomic mass is 19.3. The summed E-state index contributed by atoms with van der Waals surface area (Å²) in [5, 5.41) is 5.00. The number of likely N-dealkylation sites (tertiary alicyclic amines) is 2. The van der Waals surface area contributed by atoms with Crippen LogP contribution in [0.5, 0.6) is 0 Å². The summed E-state index contributed by atoms with van der Waals surface area (Å²) >= 11 is 0. The van der Waals surface area contributed by atoms with Crippen LogP contribution in [-0.2, 0) is 19.1 Å². The number of rotatable bonds is 11. The average Bonchev–Trinajstić information content (AvgIpc) is 4.21. The minimum atomic E-state index is -3.16. The SMILES string of the molecule is CCC(NC(=O)OC)C(=O)N1CC(F)(F)CC1c1ncc(-c2ccc(-c3ccc(-c4cnc(C5CC(F)(F)CN5C(=O)C(NC(=O)OC)C(C)C)[nH]4)c4c3C3CCC4CC3)c3c2C2CCC3C2)[nH]1. The second-order valence-corrected chi connectivity index (χ2v) is 20.1. The maximum absolute atomic E-state index is 15.2. The Labute approximate surface area is 391 Å². The lowest BCUT2D eigenvalue weighted by Crippen LogP contribution is -2.51. The van der Waals surface area contributed by atoms with Crippen molar-refractivity contribution in [3.05, 3.63) is 70.6 Å². The number of alkyl carbamates (subject to hydrolysis) is 2. The lowest BCUT2D eigenvalue weighted by Gasteiger charge is -2.41. The number of nitrogens with one attached hydrogen (secondary N) is 4. The first-order valence-corrected chi connectivity index (χ1v) is 24.0. The second-order valence-electron chi connectivity index (χ2n) is 20.1. The van der Waals surface area contributed by atoms with Crippen molar-refractivity contribution < 1.29 is 46.2 Å². The summed E-state index contributed by atoms with van der Waals surface area (Å²) in [4.78, 5) is 69.9. The van der Waals surface area contributed by atoms with Crippen LogP contribution >= 0.6 is 0 Å². The van der Waals surface area contributed by atoms with Gasteiger partial charge < -0.3 is 39.9 Å². The van der Waals surface area contributed by atoms with Gasteiger partial charge in [0, 0.05) is 24.0 Å². The number of halogens is 4. The van der Waals surface area contributed by atoms with Crippen LogP contribution in [-0.4, -0.2) is 105 Å². The Kier molecular flexibility index (Phi) is 11.6. The van der Waals surface area contributed by atoms with Gasteiger partial charge in [0.2, 0.25) is 11.8 Å². The van der Waals surface area contributed by atoms with Crippen molar-refractivity contribution in [3.8, 4) is 33.6 Å². The fraction of sp³-hybridized carbons (Fsp3) is 0.560. The molecule has 6 unspecified atom stereocenters. The van der Waals surface area contributed by atoms with E-state index in [1.807, 2.05) is 0 Å². The Morgan fingerprint density at radius 1 is 0.662 bits per heavy atom. The third-order valence-corrected chi connectivity index (χ3v) is 15.7. The molecule has 6 atom stereocenters. The molecule has 2 aliphatic heterocycles. The van der Waals surface area contributed by atoms with Crippen molar-refractivity contribution in [2.24, 2.45) is 5.92 Å². The Morgan fingerprint density at radius 3 is 1.54 bits per heavy atom. The minimum Gasteiger partial charge on any atom is -0.453 e. The third kappa shape index (κ3) is 7.88. The van der Waals surface area contributed by atoms with Crippen LogP contribution in [0.25, 0.3) is 33.6 Å². The molecule has 362 valence electrons. The number of hydrogen-bond acceptors (Lipinski definition) is 8. The molecule has 4 bridgehead atoms. The number of alkyl halides is 4. The predicted octanol–water partition coefficient (Wildman–Crippen LogP) is 9.59. The largest absolute Gasteiger partial charge is 0.453 e. The summed E-state index contributed by atoms with van der Waals surface area (Å²) in [6.45, 7) is 3.57. The number of carbonyl (C=O) groups is 4. The van der Waals surface area contributed by atoms with Gasteiger partial charge in [-0.15, -0.1) is 0 Å². The van der Waals surface area contributed by atoms with E-state index in [2.05, 4.69) is 59.6 Å². The number of carbonyl (C=O) groups excluding carboxylic acids is 4. The molecular formula is C50H58F4N8O6. The molecule has 2 saturated heterocycles. The standard InChI is InChI=1S/C50H58F4N8O6/c1-6-33(59-47(65)67-4)45(63)61-22-49(51,52)18-36(61)43-55-21-35(58-43)32-16-14-30(40-27-11-12-28(17-27)41(32)40)29-13-15-31(39-26-9-7-25(8-10-26)38(29)39)34-20-56-44(57-34)37-19-50(53,54)23-62(37)46(64)42(24(2)3)60-48(66)68-5/h13-16,20-21,24-28,33,36-37,42H,6-12,17-19,22-23H2,1-5H3,(H,55,58)(H,56,57)(H,59,65)(H,60,66). The smallest absolute Gasteiger partial charge is 0.407 e. The number of amides is 4. The van der Waals surface area contributed by atoms with E-state index in [9.17, 15) is 19.2 Å². The summed E-state index contributed by atoms with van der Waals surface area (Å²) in [6, 6.07) is 4.45. The van der Waals surface area contributed by atoms with Crippen molar-refractivity contribution in [3.63, 3.8) is 0 Å². The van der Waals surface area contributed by atoms with E-state index in [0.29, 0.717) is 35.1 Å². The monoisotopic (exact) mass is 942 g/mol. The van der Waals surface area contributed by atoms with Gasteiger partial charge in [-0.05, 0) is 114 Å². The Hall–Kier alpha value is -5.94. The Morgan fingerprint density at radius 2 is 1.07 bits per heavy atom. The minimum absolute atomic E-state index is 0.190. The maximum Gasteiger partial charge on any atom is 0.407 e. The van der Waals surface area contributed by atoms with Crippen LogP contribution in [0.15, 0.2) is 36.7 Å². The Bertz CT molecular complexity index is 2660.